The Morgan fingerprint density at radius 1 is 1.57 bits per heavy atom. The molecule has 0 spiro atoms. The summed E-state index contributed by atoms with van der Waals surface area (Å²) >= 11 is 0. The number of aromatic nitrogens is 2. The average molecular weight is 290 g/mol. The van der Waals surface area contributed by atoms with Gasteiger partial charge in [-0.25, -0.2) is 9.97 Å². The van der Waals surface area contributed by atoms with Crippen LogP contribution in [-0.2, 0) is 9.53 Å². The minimum Gasteiger partial charge on any atom is -0.378 e. The predicted molar refractivity (Wildman–Crippen MR) is 78.5 cm³/mol. The lowest BCUT2D eigenvalue weighted by Gasteiger charge is -2.32. The Morgan fingerprint density at radius 2 is 2.43 bits per heavy atom. The number of piperidine rings is 1. The number of amides is 1. The SMILES string of the molecule is CCOC1CC1C(=O)N1CCCC(c2ccnc(N)n2)C1. The topological polar surface area (TPSA) is 81.3 Å². The summed E-state index contributed by atoms with van der Waals surface area (Å²) in [4.78, 5) is 22.7. The molecule has 1 amide bonds. The molecule has 6 nitrogen and oxygen atoms in total. The van der Waals surface area contributed by atoms with Crippen LogP contribution in [0, 0.1) is 5.92 Å². The number of anilines is 1. The highest BCUT2D eigenvalue weighted by Gasteiger charge is 2.46. The largest absolute Gasteiger partial charge is 0.378 e. The van der Waals surface area contributed by atoms with Crippen LogP contribution in [-0.4, -0.2) is 46.6 Å². The Balaban J connectivity index is 1.62. The van der Waals surface area contributed by atoms with E-state index >= 15 is 0 Å². The zero-order valence-electron chi connectivity index (χ0n) is 12.4. The third-order valence-corrected chi connectivity index (χ3v) is 4.28. The fraction of sp³-hybridized carbons (Fsp3) is 0.667. The molecule has 3 atom stereocenters. The van der Waals surface area contributed by atoms with Crippen LogP contribution < -0.4 is 5.73 Å². The van der Waals surface area contributed by atoms with E-state index in [1.165, 1.54) is 0 Å². The number of hydrogen-bond acceptors (Lipinski definition) is 5. The first-order valence-electron chi connectivity index (χ1n) is 7.68. The van der Waals surface area contributed by atoms with Crippen molar-refractivity contribution in [3.63, 3.8) is 0 Å². The quantitative estimate of drug-likeness (QED) is 0.900. The number of hydrogen-bond donors (Lipinski definition) is 1. The fourth-order valence-corrected chi connectivity index (χ4v) is 3.10. The number of ether oxygens (including phenoxy) is 1. The van der Waals surface area contributed by atoms with Crippen LogP contribution in [0.25, 0.3) is 0 Å². The maximum Gasteiger partial charge on any atom is 0.228 e. The number of carbonyl (C=O) groups excluding carboxylic acids is 1. The van der Waals surface area contributed by atoms with Gasteiger partial charge < -0.3 is 15.4 Å². The second-order valence-electron chi connectivity index (χ2n) is 5.80. The molecule has 0 aromatic carbocycles. The average Bonchev–Trinajstić information content (AvgIpc) is 3.26. The van der Waals surface area contributed by atoms with Gasteiger partial charge in [-0.1, -0.05) is 0 Å². The zero-order valence-corrected chi connectivity index (χ0v) is 12.4. The molecule has 3 unspecified atom stereocenters. The lowest BCUT2D eigenvalue weighted by Crippen LogP contribution is -2.40. The standard InChI is InChI=1S/C15H22N4O2/c1-2-21-13-8-11(13)14(20)19-7-3-4-10(9-19)12-5-6-17-15(16)18-12/h5-6,10-11,13H,2-4,7-9H2,1H3,(H2,16,17,18). The Hall–Kier alpha value is -1.69. The van der Waals surface area contributed by atoms with E-state index in [0.717, 1.165) is 38.0 Å². The summed E-state index contributed by atoms with van der Waals surface area (Å²) in [6.45, 7) is 4.21. The number of nitrogen functional groups attached to an aromatic ring is 1. The molecule has 2 fully saturated rings. The molecule has 2 aliphatic rings. The van der Waals surface area contributed by atoms with Gasteiger partial charge in [0.05, 0.1) is 17.7 Å². The Morgan fingerprint density at radius 3 is 3.19 bits per heavy atom. The molecule has 114 valence electrons. The van der Waals surface area contributed by atoms with Crippen LogP contribution in [0.3, 0.4) is 0 Å². The van der Waals surface area contributed by atoms with Crippen LogP contribution in [0.4, 0.5) is 5.95 Å². The molecule has 21 heavy (non-hydrogen) atoms. The fourth-order valence-electron chi connectivity index (χ4n) is 3.10. The van der Waals surface area contributed by atoms with Crippen molar-refractivity contribution < 1.29 is 9.53 Å². The van der Waals surface area contributed by atoms with Gasteiger partial charge in [-0.05, 0) is 32.3 Å². The van der Waals surface area contributed by atoms with E-state index in [1.54, 1.807) is 6.20 Å². The highest BCUT2D eigenvalue weighted by molar-refractivity contribution is 5.82. The Labute approximate surface area is 124 Å². The van der Waals surface area contributed by atoms with E-state index in [4.69, 9.17) is 10.5 Å². The van der Waals surface area contributed by atoms with Crippen molar-refractivity contribution in [2.75, 3.05) is 25.4 Å². The van der Waals surface area contributed by atoms with Crippen LogP contribution >= 0.6 is 0 Å². The molecule has 3 rings (SSSR count). The first kappa shape index (κ1) is 14.3. The van der Waals surface area contributed by atoms with Gasteiger partial charge >= 0.3 is 0 Å². The lowest BCUT2D eigenvalue weighted by atomic mass is 9.94. The second kappa shape index (κ2) is 5.97. The molecule has 0 bridgehead atoms. The molecule has 1 aliphatic heterocycles. The molecule has 2 N–H and O–H groups in total. The van der Waals surface area contributed by atoms with Crippen molar-refractivity contribution in [1.29, 1.82) is 0 Å². The van der Waals surface area contributed by atoms with Crippen molar-refractivity contribution in [1.82, 2.24) is 14.9 Å². The Bertz CT molecular complexity index is 522. The molecular weight excluding hydrogens is 268 g/mol. The van der Waals surface area contributed by atoms with E-state index in [-0.39, 0.29) is 23.8 Å². The molecule has 6 heteroatoms. The molecule has 1 aliphatic carbocycles. The summed E-state index contributed by atoms with van der Waals surface area (Å²) in [7, 11) is 0. The summed E-state index contributed by atoms with van der Waals surface area (Å²) in [5.74, 6) is 0.867. The summed E-state index contributed by atoms with van der Waals surface area (Å²) < 4.78 is 5.52. The highest BCUT2D eigenvalue weighted by Crippen LogP contribution is 2.37. The van der Waals surface area contributed by atoms with Gasteiger partial charge in [0.15, 0.2) is 0 Å². The maximum atomic E-state index is 12.5. The number of rotatable bonds is 4. The third kappa shape index (κ3) is 3.15. The Kier molecular flexibility index (Phi) is 4.05. The van der Waals surface area contributed by atoms with Crippen molar-refractivity contribution in [3.8, 4) is 0 Å². The van der Waals surface area contributed by atoms with E-state index in [1.807, 2.05) is 17.9 Å². The smallest absolute Gasteiger partial charge is 0.228 e. The molecule has 1 aromatic heterocycles. The monoisotopic (exact) mass is 290 g/mol. The van der Waals surface area contributed by atoms with Gasteiger partial charge in [0.25, 0.3) is 0 Å². The first-order chi connectivity index (χ1) is 10.2. The summed E-state index contributed by atoms with van der Waals surface area (Å²) in [5.41, 5.74) is 6.59. The van der Waals surface area contributed by atoms with E-state index in [9.17, 15) is 4.79 Å². The summed E-state index contributed by atoms with van der Waals surface area (Å²) in [6, 6.07) is 1.90. The second-order valence-corrected chi connectivity index (χ2v) is 5.80. The normalized spacial score (nSPS) is 28.4. The van der Waals surface area contributed by atoms with Gasteiger partial charge in [-0.15, -0.1) is 0 Å². The molecule has 1 aromatic rings. The van der Waals surface area contributed by atoms with Crippen molar-refractivity contribution >= 4 is 11.9 Å². The predicted octanol–water partition coefficient (Wildman–Crippen LogP) is 1.19. The number of carbonyl (C=O) groups is 1. The molecule has 0 radical (unpaired) electrons. The van der Waals surface area contributed by atoms with E-state index < -0.39 is 0 Å². The van der Waals surface area contributed by atoms with Gasteiger partial charge in [0.1, 0.15) is 0 Å². The molecular formula is C15H22N4O2. The van der Waals surface area contributed by atoms with E-state index in [0.29, 0.717) is 12.6 Å². The number of nitrogens with zero attached hydrogens (tertiary/aromatic N) is 3. The minimum atomic E-state index is 0.0687. The lowest BCUT2D eigenvalue weighted by molar-refractivity contribution is -0.134. The number of nitrogens with two attached hydrogens (primary N) is 1. The summed E-state index contributed by atoms with van der Waals surface area (Å²) in [6.07, 6.45) is 4.74. The van der Waals surface area contributed by atoms with Gasteiger partial charge in [0, 0.05) is 31.8 Å². The third-order valence-electron chi connectivity index (χ3n) is 4.28. The molecule has 2 heterocycles. The first-order valence-corrected chi connectivity index (χ1v) is 7.68. The van der Waals surface area contributed by atoms with Gasteiger partial charge in [0.2, 0.25) is 11.9 Å². The van der Waals surface area contributed by atoms with Gasteiger partial charge in [-0.3, -0.25) is 4.79 Å². The zero-order chi connectivity index (χ0) is 14.8. The number of likely N-dealkylation sites (tertiary alicyclic amines) is 1. The van der Waals surface area contributed by atoms with Crippen molar-refractivity contribution in [2.45, 2.75) is 38.2 Å². The van der Waals surface area contributed by atoms with Crippen LogP contribution in [0.2, 0.25) is 0 Å². The minimum absolute atomic E-state index is 0.0687. The van der Waals surface area contributed by atoms with Crippen molar-refractivity contribution in [3.05, 3.63) is 18.0 Å². The van der Waals surface area contributed by atoms with Crippen LogP contribution in [0.5, 0.6) is 0 Å². The highest BCUT2D eigenvalue weighted by atomic mass is 16.5. The molecule has 1 saturated heterocycles. The van der Waals surface area contributed by atoms with Gasteiger partial charge in [-0.2, -0.15) is 0 Å². The van der Waals surface area contributed by atoms with Crippen LogP contribution in [0.1, 0.15) is 37.8 Å². The van der Waals surface area contributed by atoms with Crippen molar-refractivity contribution in [2.24, 2.45) is 5.92 Å². The maximum absolute atomic E-state index is 12.5. The van der Waals surface area contributed by atoms with E-state index in [2.05, 4.69) is 9.97 Å². The van der Waals surface area contributed by atoms with Crippen LogP contribution in [0.15, 0.2) is 12.3 Å². The summed E-state index contributed by atoms with van der Waals surface area (Å²) in [5, 5.41) is 0. The molecule has 1 saturated carbocycles.